The van der Waals surface area contributed by atoms with Gasteiger partial charge in [-0.25, -0.2) is 15.0 Å². The van der Waals surface area contributed by atoms with Crippen LogP contribution in [0.15, 0.2) is 47.6 Å². The van der Waals surface area contributed by atoms with Crippen molar-refractivity contribution >= 4 is 28.5 Å². The second-order valence-electron chi connectivity index (χ2n) is 5.44. The first-order valence-corrected chi connectivity index (χ1v) is 9.07. The molecule has 0 saturated carbocycles. The fourth-order valence-electron chi connectivity index (χ4n) is 2.44. The molecule has 1 N–H and O–H groups in total. The molecule has 0 aliphatic rings. The molecule has 0 spiro atoms. The van der Waals surface area contributed by atoms with E-state index in [-0.39, 0.29) is 11.6 Å². The number of carbonyl (C=O) groups excluding carboxylic acids is 1. The molecule has 0 radical (unpaired) electrons. The first-order chi connectivity index (χ1) is 12.7. The second-order valence-corrected chi connectivity index (χ2v) is 6.60. The zero-order chi connectivity index (χ0) is 18.4. The van der Waals surface area contributed by atoms with Crippen LogP contribution in [0.4, 0.5) is 0 Å². The van der Waals surface area contributed by atoms with Crippen molar-refractivity contribution in [1.82, 2.24) is 20.3 Å². The van der Waals surface area contributed by atoms with Gasteiger partial charge in [-0.1, -0.05) is 0 Å². The van der Waals surface area contributed by atoms with Gasteiger partial charge in [0.2, 0.25) is 0 Å². The number of rotatable bonds is 7. The summed E-state index contributed by atoms with van der Waals surface area (Å²) in [5, 5.41) is 2.87. The Morgan fingerprint density at radius 1 is 1.31 bits per heavy atom. The van der Waals surface area contributed by atoms with Crippen molar-refractivity contribution in [2.45, 2.75) is 12.8 Å². The maximum atomic E-state index is 12.4. The fraction of sp³-hybridized carbons (Fsp3) is 0.222. The Bertz CT molecular complexity index is 883. The van der Waals surface area contributed by atoms with Gasteiger partial charge >= 0.3 is 0 Å². The first-order valence-electron chi connectivity index (χ1n) is 7.99. The molecule has 0 aliphatic heterocycles. The van der Waals surface area contributed by atoms with Crippen molar-refractivity contribution < 1.29 is 13.9 Å². The molecular weight excluding hydrogens is 447 g/mol. The van der Waals surface area contributed by atoms with E-state index in [1.807, 2.05) is 24.3 Å². The van der Waals surface area contributed by atoms with Gasteiger partial charge in [0.15, 0.2) is 17.8 Å². The summed E-state index contributed by atoms with van der Waals surface area (Å²) in [5.41, 5.74) is 2.00. The highest BCUT2D eigenvalue weighted by Gasteiger charge is 2.18. The van der Waals surface area contributed by atoms with Crippen LogP contribution in [0.1, 0.15) is 22.6 Å². The third-order valence-electron chi connectivity index (χ3n) is 3.73. The number of nitrogens with one attached hydrogen (secondary N) is 1. The lowest BCUT2D eigenvalue weighted by Gasteiger charge is -2.07. The zero-order valence-corrected chi connectivity index (χ0v) is 16.3. The monoisotopic (exact) mass is 464 g/mol. The predicted molar refractivity (Wildman–Crippen MR) is 104 cm³/mol. The molecule has 8 heteroatoms. The number of hydrogen-bond donors (Lipinski definition) is 1. The maximum absolute atomic E-state index is 12.4. The molecule has 3 rings (SSSR count). The predicted octanol–water partition coefficient (Wildman–Crippen LogP) is 3.11. The lowest BCUT2D eigenvalue weighted by Crippen LogP contribution is -2.25. The number of ether oxygens (including phenoxy) is 1. The van der Waals surface area contributed by atoms with Gasteiger partial charge in [-0.15, -0.1) is 0 Å². The third kappa shape index (κ3) is 4.37. The molecular formula is C18H17IN4O3. The summed E-state index contributed by atoms with van der Waals surface area (Å²) in [4.78, 5) is 24.5. The van der Waals surface area contributed by atoms with E-state index in [1.54, 1.807) is 13.3 Å². The minimum atomic E-state index is -0.262. The molecule has 3 aromatic rings. The summed E-state index contributed by atoms with van der Waals surface area (Å²) < 4.78 is 11.6. The van der Waals surface area contributed by atoms with Gasteiger partial charge in [-0.2, -0.15) is 0 Å². The smallest absolute Gasteiger partial charge is 0.273 e. The summed E-state index contributed by atoms with van der Waals surface area (Å²) in [5.74, 6) is 0.950. The SMILES string of the molecule is COc1ccc(-c2ocnc2C(=O)NCCCc2ccncn2)cc1I. The summed E-state index contributed by atoms with van der Waals surface area (Å²) in [6.07, 6.45) is 6.05. The quantitative estimate of drug-likeness (QED) is 0.427. The van der Waals surface area contributed by atoms with E-state index in [4.69, 9.17) is 9.15 Å². The fourth-order valence-corrected chi connectivity index (χ4v) is 3.18. The number of hydrogen-bond acceptors (Lipinski definition) is 6. The molecule has 2 heterocycles. The molecule has 134 valence electrons. The molecule has 2 aromatic heterocycles. The largest absolute Gasteiger partial charge is 0.496 e. The van der Waals surface area contributed by atoms with Crippen LogP contribution in [0.5, 0.6) is 5.75 Å². The molecule has 0 fully saturated rings. The van der Waals surface area contributed by atoms with Crippen LogP contribution >= 0.6 is 22.6 Å². The number of carbonyl (C=O) groups is 1. The van der Waals surface area contributed by atoms with Crippen molar-refractivity contribution in [1.29, 1.82) is 0 Å². The van der Waals surface area contributed by atoms with Gasteiger partial charge in [-0.3, -0.25) is 4.79 Å². The Morgan fingerprint density at radius 3 is 2.92 bits per heavy atom. The normalized spacial score (nSPS) is 10.5. The van der Waals surface area contributed by atoms with Gasteiger partial charge in [0.25, 0.3) is 5.91 Å². The Labute approximate surface area is 164 Å². The van der Waals surface area contributed by atoms with E-state index in [0.29, 0.717) is 12.3 Å². The van der Waals surface area contributed by atoms with Crippen LogP contribution in [-0.2, 0) is 6.42 Å². The van der Waals surface area contributed by atoms with Crippen LogP contribution in [0.2, 0.25) is 0 Å². The molecule has 0 saturated heterocycles. The minimum absolute atomic E-state index is 0.262. The second kappa shape index (κ2) is 8.75. The highest BCUT2D eigenvalue weighted by Crippen LogP contribution is 2.29. The Hall–Kier alpha value is -2.49. The average Bonchev–Trinajstić information content (AvgIpc) is 3.16. The van der Waals surface area contributed by atoms with Crippen molar-refractivity contribution in [3.05, 3.63) is 58.1 Å². The van der Waals surface area contributed by atoms with Gasteiger partial charge in [0.05, 0.1) is 10.7 Å². The summed E-state index contributed by atoms with van der Waals surface area (Å²) in [6.45, 7) is 0.523. The molecule has 0 atom stereocenters. The van der Waals surface area contributed by atoms with E-state index in [1.165, 1.54) is 12.7 Å². The molecule has 1 aromatic carbocycles. The summed E-state index contributed by atoms with van der Waals surface area (Å²) >= 11 is 2.18. The highest BCUT2D eigenvalue weighted by atomic mass is 127. The number of benzene rings is 1. The van der Waals surface area contributed by atoms with Gasteiger partial charge in [0.1, 0.15) is 12.1 Å². The van der Waals surface area contributed by atoms with Crippen LogP contribution < -0.4 is 10.1 Å². The number of nitrogens with zero attached hydrogens (tertiary/aromatic N) is 3. The molecule has 0 unspecified atom stereocenters. The molecule has 7 nitrogen and oxygen atoms in total. The third-order valence-corrected chi connectivity index (χ3v) is 4.58. The van der Waals surface area contributed by atoms with E-state index >= 15 is 0 Å². The van der Waals surface area contributed by atoms with Crippen LogP contribution in [0.3, 0.4) is 0 Å². The van der Waals surface area contributed by atoms with Crippen molar-refractivity contribution in [3.63, 3.8) is 0 Å². The van der Waals surface area contributed by atoms with Gasteiger partial charge in [0, 0.05) is 24.0 Å². The lowest BCUT2D eigenvalue weighted by atomic mass is 10.1. The van der Waals surface area contributed by atoms with E-state index in [9.17, 15) is 4.79 Å². The van der Waals surface area contributed by atoms with Crippen LogP contribution in [-0.4, -0.2) is 34.5 Å². The van der Waals surface area contributed by atoms with Crippen molar-refractivity contribution in [2.75, 3.05) is 13.7 Å². The zero-order valence-electron chi connectivity index (χ0n) is 14.1. The van der Waals surface area contributed by atoms with Gasteiger partial charge < -0.3 is 14.5 Å². The van der Waals surface area contributed by atoms with E-state index in [0.717, 1.165) is 33.4 Å². The minimum Gasteiger partial charge on any atom is -0.496 e. The molecule has 0 bridgehead atoms. The van der Waals surface area contributed by atoms with E-state index in [2.05, 4.69) is 42.9 Å². The number of aryl methyl sites for hydroxylation is 1. The summed E-state index contributed by atoms with van der Waals surface area (Å²) in [6, 6.07) is 7.44. The lowest BCUT2D eigenvalue weighted by molar-refractivity contribution is 0.0949. The molecule has 26 heavy (non-hydrogen) atoms. The number of amides is 1. The Balaban J connectivity index is 1.62. The maximum Gasteiger partial charge on any atom is 0.273 e. The molecule has 0 aliphatic carbocycles. The Morgan fingerprint density at radius 2 is 2.19 bits per heavy atom. The topological polar surface area (TPSA) is 90.1 Å². The van der Waals surface area contributed by atoms with Crippen molar-refractivity contribution in [2.24, 2.45) is 0 Å². The number of aromatic nitrogens is 3. The van der Waals surface area contributed by atoms with E-state index < -0.39 is 0 Å². The first kappa shape index (κ1) is 18.3. The number of methoxy groups -OCH3 is 1. The average molecular weight is 464 g/mol. The van der Waals surface area contributed by atoms with Crippen molar-refractivity contribution in [3.8, 4) is 17.1 Å². The molecule has 1 amide bonds. The van der Waals surface area contributed by atoms with Gasteiger partial charge in [-0.05, 0) is 59.7 Å². The van der Waals surface area contributed by atoms with Crippen LogP contribution in [0.25, 0.3) is 11.3 Å². The Kier molecular flexibility index (Phi) is 6.16. The highest BCUT2D eigenvalue weighted by molar-refractivity contribution is 14.1. The number of oxazole rings is 1. The van der Waals surface area contributed by atoms with Crippen LogP contribution in [0, 0.1) is 3.57 Å². The summed E-state index contributed by atoms with van der Waals surface area (Å²) in [7, 11) is 1.62. The number of halogens is 1. The standard InChI is InChI=1S/C18H17IN4O3/c1-25-15-5-4-12(9-14(15)19)17-16(23-11-26-17)18(24)21-7-2-3-13-6-8-20-10-22-13/h4-6,8-11H,2-3,7H2,1H3,(H,21,24).